The number of allylic oxidation sites excluding steroid dienone is 1. The summed E-state index contributed by atoms with van der Waals surface area (Å²) in [6.45, 7) is 12.0. The summed E-state index contributed by atoms with van der Waals surface area (Å²) in [7, 11) is 0. The third-order valence-electron chi connectivity index (χ3n) is 10.3. The van der Waals surface area contributed by atoms with E-state index in [0.29, 0.717) is 25.0 Å². The average Bonchev–Trinajstić information content (AvgIpc) is 3.37. The van der Waals surface area contributed by atoms with E-state index in [0.717, 1.165) is 11.1 Å². The molecule has 0 unspecified atom stereocenters. The van der Waals surface area contributed by atoms with Crippen LogP contribution in [0.2, 0.25) is 0 Å². The van der Waals surface area contributed by atoms with E-state index >= 15 is 0 Å². The van der Waals surface area contributed by atoms with Crippen molar-refractivity contribution in [2.24, 2.45) is 16.7 Å². The Hall–Kier alpha value is -2.23. The van der Waals surface area contributed by atoms with Crippen LogP contribution in [0.25, 0.3) is 0 Å². The SMILES string of the molecule is CC1=C2[C@@H](O)[C@@H](O)[C@]3(C)[C@@H](OCc4ccccc4)C=C[C@@]4(COC(C)(C)O4)[C@H]3[C@@H]3OC(=O)O[C@@]3(CC1)C2(C)C. The number of carbonyl (C=O) groups excluding carboxylic acids is 1. The Morgan fingerprint density at radius 2 is 1.79 bits per heavy atom. The van der Waals surface area contributed by atoms with Gasteiger partial charge in [0.05, 0.1) is 25.4 Å². The smallest absolute Gasteiger partial charge is 0.426 e. The average molecular weight is 541 g/mol. The number of hydrogen-bond acceptors (Lipinski definition) is 8. The Balaban J connectivity index is 1.56. The van der Waals surface area contributed by atoms with Crippen molar-refractivity contribution in [3.05, 3.63) is 59.2 Å². The topological polar surface area (TPSA) is 104 Å². The van der Waals surface area contributed by atoms with Crippen molar-refractivity contribution in [2.75, 3.05) is 6.61 Å². The van der Waals surface area contributed by atoms with Crippen LogP contribution in [0.3, 0.4) is 0 Å². The van der Waals surface area contributed by atoms with Crippen LogP contribution in [0.4, 0.5) is 4.79 Å². The Morgan fingerprint density at radius 1 is 1.08 bits per heavy atom. The number of carbonyl (C=O) groups is 1. The van der Waals surface area contributed by atoms with Gasteiger partial charge in [-0.1, -0.05) is 68.8 Å². The fourth-order valence-electron chi connectivity index (χ4n) is 8.38. The number of aliphatic hydroxyl groups is 2. The highest BCUT2D eigenvalue weighted by Crippen LogP contribution is 2.65. The summed E-state index contributed by atoms with van der Waals surface area (Å²) in [6.07, 6.45) is 0.342. The molecule has 0 radical (unpaired) electrons. The second kappa shape index (κ2) is 8.63. The second-order valence-corrected chi connectivity index (χ2v) is 13.2. The standard InChI is InChI=1S/C31H40O8/c1-18-12-15-31-25(37-26(34)38-31)23-29(6,24(33)22(32)21(18)27(31,2)3)20(35-16-19-10-8-7-9-11-19)13-14-30(23)17-36-28(4,5)39-30/h7-11,13-14,20,22-25,32-33H,12,15-17H2,1-6H3/t20-,22+,23-,24+,25-,29+,30+,31+/m0/s1. The molecular weight excluding hydrogens is 500 g/mol. The van der Waals surface area contributed by atoms with Gasteiger partial charge in [-0.05, 0) is 44.7 Å². The first-order valence-corrected chi connectivity index (χ1v) is 13.9. The van der Waals surface area contributed by atoms with Crippen LogP contribution in [0, 0.1) is 16.7 Å². The molecular formula is C31H40O8. The van der Waals surface area contributed by atoms with Crippen LogP contribution in [0.1, 0.15) is 59.9 Å². The number of ether oxygens (including phenoxy) is 5. The molecule has 2 saturated heterocycles. The van der Waals surface area contributed by atoms with Gasteiger partial charge in [0.15, 0.2) is 17.5 Å². The van der Waals surface area contributed by atoms with E-state index in [1.807, 2.05) is 84.0 Å². The van der Waals surface area contributed by atoms with Gasteiger partial charge in [-0.3, -0.25) is 0 Å². The van der Waals surface area contributed by atoms with E-state index in [4.69, 9.17) is 23.7 Å². The molecule has 8 atom stereocenters. The molecule has 212 valence electrons. The molecule has 2 aliphatic heterocycles. The zero-order chi connectivity index (χ0) is 28.0. The lowest BCUT2D eigenvalue weighted by Gasteiger charge is -2.62. The van der Waals surface area contributed by atoms with E-state index in [9.17, 15) is 15.0 Å². The van der Waals surface area contributed by atoms with Crippen molar-refractivity contribution in [3.8, 4) is 0 Å². The number of fused-ring (bicyclic) bond motifs is 4. The summed E-state index contributed by atoms with van der Waals surface area (Å²) in [5.41, 5.74) is -1.44. The zero-order valence-corrected chi connectivity index (χ0v) is 23.6. The quantitative estimate of drug-likeness (QED) is 0.429. The highest BCUT2D eigenvalue weighted by Gasteiger charge is 2.76. The predicted molar refractivity (Wildman–Crippen MR) is 141 cm³/mol. The zero-order valence-electron chi connectivity index (χ0n) is 23.6. The van der Waals surface area contributed by atoms with E-state index in [1.165, 1.54) is 0 Å². The van der Waals surface area contributed by atoms with E-state index in [2.05, 4.69) is 0 Å². The normalized spacial score (nSPS) is 43.8. The number of rotatable bonds is 3. The van der Waals surface area contributed by atoms with E-state index in [-0.39, 0.29) is 6.61 Å². The lowest BCUT2D eigenvalue weighted by molar-refractivity contribution is -0.251. The lowest BCUT2D eigenvalue weighted by atomic mass is 9.47. The molecule has 8 nitrogen and oxygen atoms in total. The van der Waals surface area contributed by atoms with Gasteiger partial charge in [0.2, 0.25) is 0 Å². The third kappa shape index (κ3) is 3.65. The van der Waals surface area contributed by atoms with Gasteiger partial charge in [0.1, 0.15) is 11.7 Å². The van der Waals surface area contributed by atoms with Gasteiger partial charge < -0.3 is 33.9 Å². The highest BCUT2D eigenvalue weighted by molar-refractivity contribution is 5.65. The molecule has 3 aliphatic carbocycles. The molecule has 1 saturated carbocycles. The molecule has 2 spiro atoms. The number of hydrogen-bond donors (Lipinski definition) is 2. The molecule has 2 heterocycles. The maximum atomic E-state index is 13.1. The van der Waals surface area contributed by atoms with Gasteiger partial charge >= 0.3 is 6.16 Å². The monoisotopic (exact) mass is 540 g/mol. The van der Waals surface area contributed by atoms with Crippen LogP contribution in [0.5, 0.6) is 0 Å². The first kappa shape index (κ1) is 27.0. The fourth-order valence-corrected chi connectivity index (χ4v) is 8.38. The number of benzene rings is 1. The molecule has 2 bridgehead atoms. The summed E-state index contributed by atoms with van der Waals surface area (Å²) in [4.78, 5) is 13.1. The fraction of sp³-hybridized carbons (Fsp3) is 0.645. The van der Waals surface area contributed by atoms with Crippen LogP contribution < -0.4 is 0 Å². The molecule has 6 rings (SSSR count). The molecule has 2 N–H and O–H groups in total. The Labute approximate surface area is 229 Å². The van der Waals surface area contributed by atoms with E-state index in [1.54, 1.807) is 0 Å². The first-order valence-electron chi connectivity index (χ1n) is 13.9. The molecule has 5 aliphatic rings. The predicted octanol–water partition coefficient (Wildman–Crippen LogP) is 4.43. The van der Waals surface area contributed by atoms with Crippen LogP contribution >= 0.6 is 0 Å². The molecule has 8 heteroatoms. The molecule has 3 fully saturated rings. The van der Waals surface area contributed by atoms with Crippen molar-refractivity contribution < 1.29 is 38.7 Å². The van der Waals surface area contributed by atoms with Crippen molar-refractivity contribution in [3.63, 3.8) is 0 Å². The summed E-state index contributed by atoms with van der Waals surface area (Å²) in [6, 6.07) is 9.82. The second-order valence-electron chi connectivity index (χ2n) is 13.2. The maximum Gasteiger partial charge on any atom is 0.509 e. The molecule has 1 aromatic carbocycles. The minimum atomic E-state index is -1.27. The maximum absolute atomic E-state index is 13.1. The van der Waals surface area contributed by atoms with Crippen molar-refractivity contribution in [2.45, 2.75) is 102 Å². The van der Waals surface area contributed by atoms with Crippen molar-refractivity contribution in [1.29, 1.82) is 0 Å². The summed E-state index contributed by atoms with van der Waals surface area (Å²) in [5, 5.41) is 24.2. The molecule has 0 amide bonds. The minimum Gasteiger partial charge on any atom is -0.426 e. The Kier molecular flexibility index (Phi) is 5.97. The highest BCUT2D eigenvalue weighted by atomic mass is 16.8. The third-order valence-corrected chi connectivity index (χ3v) is 10.3. The molecule has 1 aromatic rings. The van der Waals surface area contributed by atoms with Gasteiger partial charge in [-0.2, -0.15) is 0 Å². The van der Waals surface area contributed by atoms with Crippen LogP contribution in [0.15, 0.2) is 53.6 Å². The van der Waals surface area contributed by atoms with Crippen LogP contribution in [-0.4, -0.2) is 64.4 Å². The van der Waals surface area contributed by atoms with Gasteiger partial charge in [-0.25, -0.2) is 4.79 Å². The number of aliphatic hydroxyl groups excluding tert-OH is 2. The first-order chi connectivity index (χ1) is 18.3. The molecule has 0 aromatic heterocycles. The summed E-state index contributed by atoms with van der Waals surface area (Å²) in [5.74, 6) is -1.57. The Bertz CT molecular complexity index is 1220. The molecule has 39 heavy (non-hydrogen) atoms. The van der Waals surface area contributed by atoms with Crippen LogP contribution in [-0.2, 0) is 30.3 Å². The van der Waals surface area contributed by atoms with Gasteiger partial charge in [-0.15, -0.1) is 0 Å². The van der Waals surface area contributed by atoms with E-state index < -0.39 is 64.3 Å². The van der Waals surface area contributed by atoms with Crippen molar-refractivity contribution >= 4 is 6.16 Å². The van der Waals surface area contributed by atoms with Gasteiger partial charge in [0, 0.05) is 16.7 Å². The Morgan fingerprint density at radius 3 is 2.46 bits per heavy atom. The summed E-state index contributed by atoms with van der Waals surface area (Å²) < 4.78 is 31.6. The minimum absolute atomic E-state index is 0.192. The largest absolute Gasteiger partial charge is 0.509 e. The van der Waals surface area contributed by atoms with Gasteiger partial charge in [0.25, 0.3) is 0 Å². The van der Waals surface area contributed by atoms with Crippen molar-refractivity contribution in [1.82, 2.24) is 0 Å². The lowest BCUT2D eigenvalue weighted by Crippen LogP contribution is -2.73. The summed E-state index contributed by atoms with van der Waals surface area (Å²) >= 11 is 0.